The molecule has 0 unspecified atom stereocenters. The van der Waals surface area contributed by atoms with Crippen molar-refractivity contribution in [2.45, 2.75) is 31.8 Å². The van der Waals surface area contributed by atoms with Gasteiger partial charge in [0.2, 0.25) is 5.91 Å². The molecule has 1 aliphatic heterocycles. The van der Waals surface area contributed by atoms with Crippen molar-refractivity contribution >= 4 is 11.8 Å². The zero-order valence-electron chi connectivity index (χ0n) is 18.1. The molecule has 5 nitrogen and oxygen atoms in total. The summed E-state index contributed by atoms with van der Waals surface area (Å²) in [5.41, 5.74) is 3.47. The van der Waals surface area contributed by atoms with Gasteiger partial charge >= 0.3 is 0 Å². The summed E-state index contributed by atoms with van der Waals surface area (Å²) in [6, 6.07) is 16.7. The molecule has 2 amide bonds. The molecule has 2 aromatic rings. The monoisotopic (exact) mass is 406 g/mol. The first-order chi connectivity index (χ1) is 14.4. The minimum atomic E-state index is -1.04. The van der Waals surface area contributed by atoms with Gasteiger partial charge in [-0.3, -0.25) is 9.59 Å². The fourth-order valence-corrected chi connectivity index (χ4v) is 4.22. The Labute approximate surface area is 178 Å². The van der Waals surface area contributed by atoms with E-state index in [1.165, 1.54) is 5.56 Å². The summed E-state index contributed by atoms with van der Waals surface area (Å²) in [7, 11) is 3.50. The zero-order chi connectivity index (χ0) is 21.3. The predicted octanol–water partition coefficient (Wildman–Crippen LogP) is 3.30. The van der Waals surface area contributed by atoms with Gasteiger partial charge in [-0.1, -0.05) is 54.1 Å². The maximum Gasteiger partial charge on any atom is 0.256 e. The summed E-state index contributed by atoms with van der Waals surface area (Å²) in [6.45, 7) is 3.33. The van der Waals surface area contributed by atoms with E-state index in [1.807, 2.05) is 17.0 Å². The van der Waals surface area contributed by atoms with Crippen LogP contribution in [0.15, 0.2) is 48.5 Å². The van der Waals surface area contributed by atoms with Gasteiger partial charge in [0.25, 0.3) is 5.91 Å². The Hall–Kier alpha value is -2.66. The summed E-state index contributed by atoms with van der Waals surface area (Å²) < 4.78 is 6.15. The molecule has 2 aliphatic rings. The van der Waals surface area contributed by atoms with Gasteiger partial charge < -0.3 is 14.5 Å². The molecule has 0 N–H and O–H groups in total. The van der Waals surface area contributed by atoms with E-state index in [0.29, 0.717) is 26.1 Å². The molecule has 2 aromatic carbocycles. The highest BCUT2D eigenvalue weighted by Crippen LogP contribution is 2.34. The molecule has 1 atom stereocenters. The van der Waals surface area contributed by atoms with Crippen molar-refractivity contribution in [3.8, 4) is 11.1 Å². The Balaban J connectivity index is 1.62. The second-order valence-corrected chi connectivity index (χ2v) is 8.82. The molecule has 2 fully saturated rings. The molecular weight excluding hydrogens is 376 g/mol. The van der Waals surface area contributed by atoms with Gasteiger partial charge in [0.1, 0.15) is 0 Å². The van der Waals surface area contributed by atoms with Crippen molar-refractivity contribution in [3.05, 3.63) is 59.7 Å². The average molecular weight is 407 g/mol. The number of hydrogen-bond acceptors (Lipinski definition) is 3. The number of nitrogens with zero attached hydrogens (tertiary/aromatic N) is 2. The highest BCUT2D eigenvalue weighted by molar-refractivity contribution is 5.88. The van der Waals surface area contributed by atoms with E-state index in [1.54, 1.807) is 19.0 Å². The van der Waals surface area contributed by atoms with Gasteiger partial charge in [-0.2, -0.15) is 0 Å². The van der Waals surface area contributed by atoms with Crippen LogP contribution in [0.25, 0.3) is 11.1 Å². The Morgan fingerprint density at radius 1 is 1.10 bits per heavy atom. The molecule has 1 aliphatic carbocycles. The molecule has 0 bridgehead atoms. The van der Waals surface area contributed by atoms with E-state index in [4.69, 9.17) is 4.74 Å². The van der Waals surface area contributed by atoms with Crippen LogP contribution in [0, 0.1) is 12.8 Å². The second-order valence-electron chi connectivity index (χ2n) is 8.82. The Morgan fingerprint density at radius 3 is 2.50 bits per heavy atom. The molecule has 30 heavy (non-hydrogen) atoms. The third kappa shape index (κ3) is 4.26. The number of aryl methyl sites for hydroxylation is 1. The molecule has 4 rings (SSSR count). The fraction of sp³-hybridized carbons (Fsp3) is 0.440. The Morgan fingerprint density at radius 2 is 1.83 bits per heavy atom. The average Bonchev–Trinajstić information content (AvgIpc) is 3.59. The first-order valence-corrected chi connectivity index (χ1v) is 10.7. The van der Waals surface area contributed by atoms with E-state index in [-0.39, 0.29) is 17.7 Å². The highest BCUT2D eigenvalue weighted by atomic mass is 16.5. The first-order valence-electron chi connectivity index (χ1n) is 10.7. The lowest BCUT2D eigenvalue weighted by atomic mass is 9.89. The lowest BCUT2D eigenvalue weighted by molar-refractivity contribution is -0.173. The number of rotatable bonds is 5. The molecule has 158 valence electrons. The quantitative estimate of drug-likeness (QED) is 0.766. The minimum absolute atomic E-state index is 0.0865. The maximum atomic E-state index is 13.2. The number of ether oxygens (including phenoxy) is 1. The van der Waals surface area contributed by atoms with Crippen molar-refractivity contribution in [2.75, 3.05) is 33.8 Å². The SMILES string of the molecule is Cc1ccc(-c2cccc(C[C@]3(C(=O)N(C)C)CN(C(=O)C4CC4)CCO3)c2)cc1. The first kappa shape index (κ1) is 20.6. The molecule has 1 heterocycles. The molecule has 5 heteroatoms. The number of morpholine rings is 1. The van der Waals surface area contributed by atoms with Gasteiger partial charge in [0, 0.05) is 33.0 Å². The van der Waals surface area contributed by atoms with Gasteiger partial charge in [-0.05, 0) is 36.5 Å². The van der Waals surface area contributed by atoms with E-state index < -0.39 is 5.60 Å². The number of carbonyl (C=O) groups excluding carboxylic acids is 2. The summed E-state index contributed by atoms with van der Waals surface area (Å²) in [5.74, 6) is 0.222. The lowest BCUT2D eigenvalue weighted by Crippen LogP contribution is -2.62. The van der Waals surface area contributed by atoms with Crippen molar-refractivity contribution in [2.24, 2.45) is 5.92 Å². The van der Waals surface area contributed by atoms with Crippen LogP contribution in [-0.4, -0.2) is 61.0 Å². The Bertz CT molecular complexity index is 934. The van der Waals surface area contributed by atoms with Crippen LogP contribution in [0.4, 0.5) is 0 Å². The van der Waals surface area contributed by atoms with Crippen LogP contribution in [0.2, 0.25) is 0 Å². The molecule has 1 saturated heterocycles. The standard InChI is InChI=1S/C25H30N2O3/c1-18-7-9-20(10-8-18)22-6-4-5-19(15-22)16-25(24(29)26(2)3)17-27(13-14-30-25)23(28)21-11-12-21/h4-10,15,21H,11-14,16-17H2,1-3H3/t25-/m1/s1. The van der Waals surface area contributed by atoms with Crippen molar-refractivity contribution in [1.82, 2.24) is 9.80 Å². The minimum Gasteiger partial charge on any atom is -0.361 e. The van der Waals surface area contributed by atoms with Crippen LogP contribution < -0.4 is 0 Å². The van der Waals surface area contributed by atoms with Crippen molar-refractivity contribution in [3.63, 3.8) is 0 Å². The van der Waals surface area contributed by atoms with Crippen molar-refractivity contribution in [1.29, 1.82) is 0 Å². The van der Waals surface area contributed by atoms with Gasteiger partial charge in [-0.15, -0.1) is 0 Å². The number of benzene rings is 2. The third-order valence-corrected chi connectivity index (χ3v) is 6.02. The predicted molar refractivity (Wildman–Crippen MR) is 117 cm³/mol. The van der Waals surface area contributed by atoms with E-state index >= 15 is 0 Å². The van der Waals surface area contributed by atoms with Crippen LogP contribution in [-0.2, 0) is 20.7 Å². The number of hydrogen-bond donors (Lipinski definition) is 0. The third-order valence-electron chi connectivity index (χ3n) is 6.02. The van der Waals surface area contributed by atoms with Crippen LogP contribution in [0.1, 0.15) is 24.0 Å². The largest absolute Gasteiger partial charge is 0.361 e. The van der Waals surface area contributed by atoms with E-state index in [9.17, 15) is 9.59 Å². The summed E-state index contributed by atoms with van der Waals surface area (Å²) in [4.78, 5) is 29.4. The topological polar surface area (TPSA) is 49.9 Å². The summed E-state index contributed by atoms with van der Waals surface area (Å²) >= 11 is 0. The van der Waals surface area contributed by atoms with Crippen LogP contribution in [0.5, 0.6) is 0 Å². The zero-order valence-corrected chi connectivity index (χ0v) is 18.1. The molecular formula is C25H30N2O3. The second kappa shape index (κ2) is 8.23. The Kier molecular flexibility index (Phi) is 5.65. The normalized spacial score (nSPS) is 21.4. The summed E-state index contributed by atoms with van der Waals surface area (Å²) in [5, 5.41) is 0. The van der Waals surface area contributed by atoms with Crippen molar-refractivity contribution < 1.29 is 14.3 Å². The fourth-order valence-electron chi connectivity index (χ4n) is 4.22. The lowest BCUT2D eigenvalue weighted by Gasteiger charge is -2.43. The maximum absolute atomic E-state index is 13.2. The highest BCUT2D eigenvalue weighted by Gasteiger charge is 2.47. The smallest absolute Gasteiger partial charge is 0.256 e. The van der Waals surface area contributed by atoms with Gasteiger partial charge in [0.05, 0.1) is 13.2 Å². The van der Waals surface area contributed by atoms with E-state index in [2.05, 4.69) is 43.3 Å². The number of likely N-dealkylation sites (N-methyl/N-ethyl adjacent to an activating group) is 1. The molecule has 0 radical (unpaired) electrons. The molecule has 0 spiro atoms. The van der Waals surface area contributed by atoms with Gasteiger partial charge in [0.15, 0.2) is 5.60 Å². The van der Waals surface area contributed by atoms with Crippen LogP contribution in [0.3, 0.4) is 0 Å². The number of amides is 2. The van der Waals surface area contributed by atoms with Gasteiger partial charge in [-0.25, -0.2) is 0 Å². The van der Waals surface area contributed by atoms with E-state index in [0.717, 1.165) is 29.5 Å². The molecule has 0 aromatic heterocycles. The molecule has 1 saturated carbocycles. The summed E-state index contributed by atoms with van der Waals surface area (Å²) in [6.07, 6.45) is 2.37. The number of carbonyl (C=O) groups is 2. The van der Waals surface area contributed by atoms with Crippen LogP contribution >= 0.6 is 0 Å².